The quantitative estimate of drug-likeness (QED) is 0.101. The molecule has 13 heteroatoms. The van der Waals surface area contributed by atoms with E-state index >= 15 is 0 Å². The fraction of sp³-hybridized carbons (Fsp3) is 0.308. The summed E-state index contributed by atoms with van der Waals surface area (Å²) in [4.78, 5) is 0. The molecule has 6 aromatic carbocycles. The normalized spacial score (nSPS) is 12.3. The number of hydrogen-bond donors (Lipinski definition) is 0. The molecule has 0 unspecified atom stereocenters. The Hall–Kier alpha value is -3.30. The van der Waals surface area contributed by atoms with E-state index in [1.807, 2.05) is 124 Å². The molecule has 6 rings (SSSR count). The Labute approximate surface area is 421 Å². The molecule has 0 atom stereocenters. The van der Waals surface area contributed by atoms with Gasteiger partial charge in [-0.25, -0.2) is 0 Å². The van der Waals surface area contributed by atoms with Gasteiger partial charge in [-0.1, -0.05) is 132 Å². The van der Waals surface area contributed by atoms with E-state index in [0.717, 1.165) is 45.7 Å². The van der Waals surface area contributed by atoms with Crippen LogP contribution in [0.5, 0.6) is 40.2 Å². The lowest BCUT2D eigenvalue weighted by atomic mass is 9.77. The average Bonchev–Trinajstić information content (AvgIpc) is 3.20. The van der Waals surface area contributed by atoms with E-state index in [2.05, 4.69) is 144 Å². The Kier molecular flexibility index (Phi) is 16.4. The van der Waals surface area contributed by atoms with Crippen molar-refractivity contribution in [2.75, 3.05) is 0 Å². The Balaban J connectivity index is 1.66. The van der Waals surface area contributed by atoms with Crippen molar-refractivity contribution in [2.24, 2.45) is 0 Å². The van der Waals surface area contributed by atoms with E-state index in [-0.39, 0.29) is 5.41 Å². The molecule has 0 bridgehead atoms. The zero-order chi connectivity index (χ0) is 47.5. The van der Waals surface area contributed by atoms with Gasteiger partial charge in [0.15, 0.2) is 0 Å². The third-order valence-corrected chi connectivity index (χ3v) is 13.9. The van der Waals surface area contributed by atoms with Gasteiger partial charge in [0.1, 0.15) is 45.8 Å². The third kappa shape index (κ3) is 14.6. The molecule has 6 aromatic rings. The van der Waals surface area contributed by atoms with Crippen molar-refractivity contribution < 1.29 is 31.9 Å². The minimum atomic E-state index is -2.14. The summed E-state index contributed by atoms with van der Waals surface area (Å²) in [6.45, 7) is 25.8. The number of rotatable bonds is 14. The van der Waals surface area contributed by atoms with Crippen molar-refractivity contribution >= 4 is 80.9 Å². The van der Waals surface area contributed by atoms with Crippen molar-refractivity contribution in [2.45, 2.75) is 105 Å². The summed E-state index contributed by atoms with van der Waals surface area (Å²) in [5.74, 6) is 4.14. The number of hydrogen-bond acceptors (Lipinski definition) is 7. The second-order valence-corrected chi connectivity index (χ2v) is 25.2. The molecule has 0 aromatic heterocycles. The first-order chi connectivity index (χ1) is 30.3. The van der Waals surface area contributed by atoms with Crippen LogP contribution in [0.3, 0.4) is 0 Å². The molecule has 0 saturated carbocycles. The summed E-state index contributed by atoms with van der Waals surface area (Å²) >= 11 is 14.3. The maximum absolute atomic E-state index is 7.27. The summed E-state index contributed by atoms with van der Waals surface area (Å²) in [5.41, 5.74) is 2.74. The Bertz CT molecular complexity index is 2450. The minimum absolute atomic E-state index is 0.269. The highest BCUT2D eigenvalue weighted by Crippen LogP contribution is 2.56. The molecule has 0 heterocycles. The topological polar surface area (TPSA) is 64.6 Å². The molecule has 0 amide bonds. The monoisotopic (exact) mass is 1170 g/mol. The van der Waals surface area contributed by atoms with Crippen molar-refractivity contribution in [1.29, 1.82) is 0 Å². The van der Waals surface area contributed by atoms with Crippen LogP contribution in [0.2, 0.25) is 0 Å². The molecule has 344 valence electrons. The predicted octanol–water partition coefficient (Wildman–Crippen LogP) is 19.0. The lowest BCUT2D eigenvalue weighted by Crippen LogP contribution is -2.24. The van der Waals surface area contributed by atoms with Crippen LogP contribution in [0.15, 0.2) is 139 Å². The van der Waals surface area contributed by atoms with Crippen LogP contribution >= 0.6 is 80.9 Å². The van der Waals surface area contributed by atoms with Crippen molar-refractivity contribution in [1.82, 2.24) is 0 Å². The summed E-state index contributed by atoms with van der Waals surface area (Å²) < 4.78 is 51.6. The molecule has 0 saturated heterocycles. The van der Waals surface area contributed by atoms with Crippen LogP contribution in [0.4, 0.5) is 0 Å². The van der Waals surface area contributed by atoms with Gasteiger partial charge in [-0.05, 0) is 158 Å². The van der Waals surface area contributed by atoms with Crippen molar-refractivity contribution in [3.63, 3.8) is 0 Å². The standard InChI is InChI=1S/C52H56Br4O7P2/c1-49(2,3)33-29-43(47(45(30-33)50(4,5)6)62-64(58-38-21-13-34(53)14-22-38)59-39-23-15-35(54)16-24-39)44-31-42(57-52(10,11)12)32-46(51(7,8)9)48(44)63-65(60-40-25-17-36(55)18-26-40)61-41-27-19-37(56)20-28-41/h13-32H,1-12H3. The molecule has 0 aliphatic carbocycles. The number of benzene rings is 6. The lowest BCUT2D eigenvalue weighted by molar-refractivity contribution is 0.130. The second kappa shape index (κ2) is 20.9. The molecule has 0 aliphatic rings. The van der Waals surface area contributed by atoms with Crippen LogP contribution in [0.1, 0.15) is 99.8 Å². The first-order valence-corrected chi connectivity index (χ1v) is 26.4. The summed E-state index contributed by atoms with van der Waals surface area (Å²) in [6.07, 6.45) is 0. The van der Waals surface area contributed by atoms with E-state index in [1.165, 1.54) is 0 Å². The van der Waals surface area contributed by atoms with Crippen LogP contribution < -0.4 is 31.9 Å². The van der Waals surface area contributed by atoms with Crippen LogP contribution in [-0.2, 0) is 16.2 Å². The SMILES string of the molecule is CC(C)(C)Oc1cc(-c2cc(C(C)(C)C)cc(C(C)(C)C)c2OP(Oc2ccc(Br)cc2)Oc2ccc(Br)cc2)c(OP(Oc2ccc(Br)cc2)Oc2ccc(Br)cc2)c(C(C)(C)C)c1. The predicted molar refractivity (Wildman–Crippen MR) is 283 cm³/mol. The molecule has 0 aliphatic heterocycles. The highest BCUT2D eigenvalue weighted by atomic mass is 79.9. The van der Waals surface area contributed by atoms with Gasteiger partial charge in [0.05, 0.1) is 0 Å². The van der Waals surface area contributed by atoms with E-state index in [9.17, 15) is 0 Å². The Morgan fingerprint density at radius 3 is 0.938 bits per heavy atom. The summed E-state index contributed by atoms with van der Waals surface area (Å²) in [6, 6.07) is 39.0. The van der Waals surface area contributed by atoms with Gasteiger partial charge in [-0.3, -0.25) is 0 Å². The van der Waals surface area contributed by atoms with E-state index in [4.69, 9.17) is 31.9 Å². The molecule has 0 radical (unpaired) electrons. The zero-order valence-corrected chi connectivity index (χ0v) is 46.9. The number of ether oxygens (including phenoxy) is 1. The Morgan fingerprint density at radius 1 is 0.338 bits per heavy atom. The van der Waals surface area contributed by atoms with Gasteiger partial charge < -0.3 is 31.9 Å². The highest BCUT2D eigenvalue weighted by Gasteiger charge is 2.36. The van der Waals surface area contributed by atoms with Crippen LogP contribution in [0.25, 0.3) is 11.1 Å². The first kappa shape index (κ1) is 51.1. The van der Waals surface area contributed by atoms with Gasteiger partial charge in [-0.15, -0.1) is 0 Å². The van der Waals surface area contributed by atoms with Gasteiger partial charge in [-0.2, -0.15) is 0 Å². The minimum Gasteiger partial charge on any atom is -0.488 e. The van der Waals surface area contributed by atoms with Crippen molar-refractivity contribution in [3.8, 4) is 51.4 Å². The van der Waals surface area contributed by atoms with Gasteiger partial charge >= 0.3 is 17.2 Å². The van der Waals surface area contributed by atoms with E-state index < -0.39 is 33.6 Å². The maximum Gasteiger partial charge on any atom is 0.530 e. The smallest absolute Gasteiger partial charge is 0.488 e. The van der Waals surface area contributed by atoms with Crippen LogP contribution in [0, 0.1) is 0 Å². The molecule has 0 N–H and O–H groups in total. The fourth-order valence-electron chi connectivity index (χ4n) is 6.37. The fourth-order valence-corrected chi connectivity index (χ4v) is 9.52. The molecule has 7 nitrogen and oxygen atoms in total. The van der Waals surface area contributed by atoms with E-state index in [1.54, 1.807) is 0 Å². The molecular formula is C52H56Br4O7P2. The second-order valence-electron chi connectivity index (χ2n) is 19.5. The number of halogens is 4. The third-order valence-electron chi connectivity index (χ3n) is 9.65. The molecule has 0 spiro atoms. The summed E-state index contributed by atoms with van der Waals surface area (Å²) in [5, 5.41) is 0. The molecule has 0 fully saturated rings. The lowest BCUT2D eigenvalue weighted by Gasteiger charge is -2.32. The van der Waals surface area contributed by atoms with Crippen LogP contribution in [-0.4, -0.2) is 5.60 Å². The largest absolute Gasteiger partial charge is 0.530 e. The average molecular weight is 1170 g/mol. The zero-order valence-electron chi connectivity index (χ0n) is 38.8. The molecular weight excluding hydrogens is 1120 g/mol. The van der Waals surface area contributed by atoms with Gasteiger partial charge in [0, 0.05) is 40.1 Å². The first-order valence-electron chi connectivity index (χ1n) is 21.1. The summed E-state index contributed by atoms with van der Waals surface area (Å²) in [7, 11) is -4.27. The van der Waals surface area contributed by atoms with Crippen molar-refractivity contribution in [3.05, 3.63) is 156 Å². The van der Waals surface area contributed by atoms with Gasteiger partial charge in [0.25, 0.3) is 0 Å². The Morgan fingerprint density at radius 2 is 0.646 bits per heavy atom. The maximum atomic E-state index is 7.27. The highest BCUT2D eigenvalue weighted by molar-refractivity contribution is 9.11. The van der Waals surface area contributed by atoms with Gasteiger partial charge in [0.2, 0.25) is 0 Å². The van der Waals surface area contributed by atoms with E-state index in [0.29, 0.717) is 40.2 Å². The molecule has 65 heavy (non-hydrogen) atoms.